The normalized spacial score (nSPS) is 15.1. The third kappa shape index (κ3) is 4.82. The number of fused-ring (bicyclic) bond motifs is 1. The lowest BCUT2D eigenvalue weighted by atomic mass is 10.0. The summed E-state index contributed by atoms with van der Waals surface area (Å²) in [7, 11) is 1.27. The van der Waals surface area contributed by atoms with Crippen LogP contribution in [0.1, 0.15) is 38.1 Å². The lowest BCUT2D eigenvalue weighted by molar-refractivity contribution is -0.132. The van der Waals surface area contributed by atoms with Crippen LogP contribution in [0.5, 0.6) is 5.75 Å². The number of nitrogens with zero attached hydrogens (tertiary/aromatic N) is 1. The van der Waals surface area contributed by atoms with Crippen molar-refractivity contribution in [1.29, 1.82) is 0 Å². The molecular weight excluding hydrogens is 467 g/mol. The second-order valence-corrected chi connectivity index (χ2v) is 7.90. The summed E-state index contributed by atoms with van der Waals surface area (Å²) in [5, 5.41) is 2.54. The third-order valence-electron chi connectivity index (χ3n) is 3.82. The molecule has 0 aromatic heterocycles. The van der Waals surface area contributed by atoms with Gasteiger partial charge in [-0.3, -0.25) is 4.79 Å². The van der Waals surface area contributed by atoms with E-state index in [1.54, 1.807) is 39.8 Å². The molecular formula is C18H23IN2O6. The highest BCUT2D eigenvalue weighted by Crippen LogP contribution is 2.40. The van der Waals surface area contributed by atoms with Crippen molar-refractivity contribution in [3.05, 3.63) is 21.3 Å². The van der Waals surface area contributed by atoms with E-state index < -0.39 is 17.7 Å². The van der Waals surface area contributed by atoms with E-state index in [2.05, 4.69) is 10.1 Å². The highest BCUT2D eigenvalue weighted by molar-refractivity contribution is 14.1. The molecule has 0 unspecified atom stereocenters. The predicted octanol–water partition coefficient (Wildman–Crippen LogP) is 2.72. The highest BCUT2D eigenvalue weighted by Gasteiger charge is 2.41. The molecule has 0 spiro atoms. The maximum Gasteiger partial charge on any atom is 0.406 e. The van der Waals surface area contributed by atoms with Gasteiger partial charge in [0.15, 0.2) is 5.60 Å². The minimum atomic E-state index is -1.07. The van der Waals surface area contributed by atoms with Crippen molar-refractivity contribution in [2.24, 2.45) is 0 Å². The number of rotatable bonds is 5. The smallest absolute Gasteiger partial charge is 0.406 e. The molecule has 8 nitrogen and oxygen atoms in total. The predicted molar refractivity (Wildman–Crippen MR) is 107 cm³/mol. The van der Waals surface area contributed by atoms with Crippen LogP contribution in [0, 0.1) is 3.57 Å². The summed E-state index contributed by atoms with van der Waals surface area (Å²) in [5.41, 5.74) is -0.256. The van der Waals surface area contributed by atoms with Crippen LogP contribution in [-0.2, 0) is 14.3 Å². The van der Waals surface area contributed by atoms with Crippen LogP contribution in [-0.4, -0.2) is 49.9 Å². The van der Waals surface area contributed by atoms with Crippen molar-refractivity contribution < 1.29 is 28.6 Å². The van der Waals surface area contributed by atoms with Crippen molar-refractivity contribution >= 4 is 46.2 Å². The van der Waals surface area contributed by atoms with Crippen LogP contribution in [0.25, 0.3) is 0 Å². The molecule has 9 heteroatoms. The van der Waals surface area contributed by atoms with Gasteiger partial charge in [0.2, 0.25) is 0 Å². The molecule has 1 N–H and O–H groups in total. The quantitative estimate of drug-likeness (QED) is 0.504. The lowest BCUT2D eigenvalue weighted by Gasteiger charge is -2.39. The number of amides is 2. The average Bonchev–Trinajstić information content (AvgIpc) is 2.56. The van der Waals surface area contributed by atoms with E-state index in [4.69, 9.17) is 9.47 Å². The van der Waals surface area contributed by atoms with Gasteiger partial charge in [0.1, 0.15) is 5.75 Å². The van der Waals surface area contributed by atoms with E-state index in [1.165, 1.54) is 12.0 Å². The molecule has 1 aliphatic heterocycles. The Bertz CT molecular complexity index is 762. The van der Waals surface area contributed by atoms with E-state index in [0.717, 1.165) is 0 Å². The molecule has 1 aliphatic rings. The number of nitrogens with one attached hydrogen (secondary N) is 1. The number of hydrogen-bond acceptors (Lipinski definition) is 6. The molecule has 0 atom stereocenters. The van der Waals surface area contributed by atoms with Gasteiger partial charge in [-0.25, -0.2) is 9.59 Å². The molecule has 0 saturated heterocycles. The Hall–Kier alpha value is -2.04. The van der Waals surface area contributed by atoms with Gasteiger partial charge in [-0.15, -0.1) is 0 Å². The summed E-state index contributed by atoms with van der Waals surface area (Å²) < 4.78 is 16.3. The minimum Gasteiger partial charge on any atom is -0.476 e. The molecule has 27 heavy (non-hydrogen) atoms. The summed E-state index contributed by atoms with van der Waals surface area (Å²) in [6, 6.07) is 3.30. The van der Waals surface area contributed by atoms with E-state index in [9.17, 15) is 14.4 Å². The zero-order chi connectivity index (χ0) is 20.4. The first-order valence-electron chi connectivity index (χ1n) is 8.44. The first-order valence-corrected chi connectivity index (χ1v) is 9.52. The van der Waals surface area contributed by atoms with E-state index in [0.29, 0.717) is 20.6 Å². The fourth-order valence-corrected chi connectivity index (χ4v) is 3.25. The van der Waals surface area contributed by atoms with Gasteiger partial charge in [-0.1, -0.05) is 0 Å². The molecule has 2 rings (SSSR count). The van der Waals surface area contributed by atoms with Crippen molar-refractivity contribution in [2.45, 2.75) is 39.4 Å². The first kappa shape index (κ1) is 21.3. The number of benzene rings is 1. The van der Waals surface area contributed by atoms with Crippen LogP contribution in [0.4, 0.5) is 10.5 Å². The van der Waals surface area contributed by atoms with Crippen LogP contribution >= 0.6 is 22.6 Å². The molecule has 0 radical (unpaired) electrons. The second-order valence-electron chi connectivity index (χ2n) is 6.74. The zero-order valence-electron chi connectivity index (χ0n) is 15.9. The maximum atomic E-state index is 12.8. The molecule has 1 aromatic carbocycles. The second kappa shape index (κ2) is 8.32. The molecule has 0 saturated carbocycles. The topological polar surface area (TPSA) is 94.2 Å². The molecule has 2 amide bonds. The largest absolute Gasteiger partial charge is 0.476 e. The van der Waals surface area contributed by atoms with Crippen LogP contribution < -0.4 is 15.0 Å². The molecule has 1 aromatic rings. The Balaban J connectivity index is 2.39. The minimum absolute atomic E-state index is 0.186. The van der Waals surface area contributed by atoms with Gasteiger partial charge in [0, 0.05) is 16.7 Å². The number of carbonyl (C=O) groups is 3. The number of alkyl carbamates (subject to hydrolysis) is 1. The maximum absolute atomic E-state index is 12.8. The number of halogens is 1. The molecule has 148 valence electrons. The number of esters is 1. The van der Waals surface area contributed by atoms with Gasteiger partial charge in [0.25, 0.3) is 5.91 Å². The van der Waals surface area contributed by atoms with Gasteiger partial charge in [0.05, 0.1) is 24.5 Å². The summed E-state index contributed by atoms with van der Waals surface area (Å²) in [4.78, 5) is 38.0. The Morgan fingerprint density at radius 1 is 1.33 bits per heavy atom. The molecule has 0 aliphatic carbocycles. The summed E-state index contributed by atoms with van der Waals surface area (Å²) in [6.07, 6.45) is -0.847. The molecule has 0 fully saturated rings. The summed E-state index contributed by atoms with van der Waals surface area (Å²) in [5.74, 6) is -0.253. The van der Waals surface area contributed by atoms with E-state index >= 15 is 0 Å². The Morgan fingerprint density at radius 2 is 2.00 bits per heavy atom. The van der Waals surface area contributed by atoms with Crippen molar-refractivity contribution in [3.8, 4) is 5.75 Å². The monoisotopic (exact) mass is 490 g/mol. The molecule has 1 heterocycles. The van der Waals surface area contributed by atoms with Gasteiger partial charge in [-0.2, -0.15) is 0 Å². The van der Waals surface area contributed by atoms with Gasteiger partial charge >= 0.3 is 12.1 Å². The van der Waals surface area contributed by atoms with E-state index in [1.807, 2.05) is 22.6 Å². The standard InChI is InChI=1S/C18H23IN2O6/c1-10(2)26-15(22)11-8-13-14(9-12(11)19)27-18(3,4)16(23)21(13)7-6-20-17(24)25-5/h8-10H,6-7H2,1-5H3,(H,20,24). The number of methoxy groups -OCH3 is 1. The number of hydrogen-bond donors (Lipinski definition) is 1. The Labute approximate surface area is 171 Å². The molecule has 0 bridgehead atoms. The SMILES string of the molecule is COC(=O)NCCN1C(=O)C(C)(C)Oc2cc(I)c(C(=O)OC(C)C)cc21. The fraction of sp³-hybridized carbons (Fsp3) is 0.500. The number of carbonyl (C=O) groups excluding carboxylic acids is 3. The number of ether oxygens (including phenoxy) is 3. The fourth-order valence-electron chi connectivity index (χ4n) is 2.59. The van der Waals surface area contributed by atoms with E-state index in [-0.39, 0.29) is 25.1 Å². The Kier molecular flexibility index (Phi) is 6.55. The Morgan fingerprint density at radius 3 is 2.59 bits per heavy atom. The van der Waals surface area contributed by atoms with Crippen molar-refractivity contribution in [2.75, 3.05) is 25.1 Å². The average molecular weight is 490 g/mol. The van der Waals surface area contributed by atoms with Crippen molar-refractivity contribution in [3.63, 3.8) is 0 Å². The van der Waals surface area contributed by atoms with Crippen molar-refractivity contribution in [1.82, 2.24) is 5.32 Å². The zero-order valence-corrected chi connectivity index (χ0v) is 18.1. The van der Waals surface area contributed by atoms with Crippen LogP contribution in [0.15, 0.2) is 12.1 Å². The highest BCUT2D eigenvalue weighted by atomic mass is 127. The lowest BCUT2D eigenvalue weighted by Crippen LogP contribution is -2.54. The summed E-state index contributed by atoms with van der Waals surface area (Å²) in [6.45, 7) is 7.27. The number of anilines is 1. The summed E-state index contributed by atoms with van der Waals surface area (Å²) >= 11 is 2.04. The third-order valence-corrected chi connectivity index (χ3v) is 4.71. The first-order chi connectivity index (χ1) is 12.6. The van der Waals surface area contributed by atoms with Crippen LogP contribution in [0.2, 0.25) is 0 Å². The van der Waals surface area contributed by atoms with Gasteiger partial charge < -0.3 is 24.4 Å². The van der Waals surface area contributed by atoms with Crippen LogP contribution in [0.3, 0.4) is 0 Å². The van der Waals surface area contributed by atoms with Gasteiger partial charge in [-0.05, 0) is 62.4 Å².